The molecule has 0 aliphatic heterocycles. The predicted molar refractivity (Wildman–Crippen MR) is 100 cm³/mol. The Hall–Kier alpha value is -2.42. The minimum Gasteiger partial charge on any atom is -0.386 e. The molecule has 0 spiro atoms. The minimum atomic E-state index is -0.598. The van der Waals surface area contributed by atoms with Crippen LogP contribution in [0.25, 0.3) is 0 Å². The van der Waals surface area contributed by atoms with Crippen molar-refractivity contribution < 1.29 is 14.3 Å². The quantitative estimate of drug-likeness (QED) is 0.542. The summed E-state index contributed by atoms with van der Waals surface area (Å²) in [6, 6.07) is 11.4. The Kier molecular flexibility index (Phi) is 5.78. The molecule has 132 valence electrons. The lowest BCUT2D eigenvalue weighted by Crippen LogP contribution is -2.15. The lowest BCUT2D eigenvalue weighted by molar-refractivity contribution is 0.0396. The van der Waals surface area contributed by atoms with Gasteiger partial charge in [-0.05, 0) is 60.1 Å². The molecule has 0 saturated carbocycles. The smallest absolute Gasteiger partial charge is 0.346 e. The van der Waals surface area contributed by atoms with E-state index in [0.29, 0.717) is 23.0 Å². The Morgan fingerprint density at radius 3 is 1.40 bits per heavy atom. The van der Waals surface area contributed by atoms with Crippen LogP contribution in [0.2, 0.25) is 0 Å². The van der Waals surface area contributed by atoms with Crippen LogP contribution in [-0.2, 0) is 4.74 Å². The maximum atomic E-state index is 12.5. The van der Waals surface area contributed by atoms with Gasteiger partial charge in [0.05, 0.1) is 11.1 Å². The third kappa shape index (κ3) is 4.36. The number of aryl methyl sites for hydroxylation is 2. The number of carbonyl (C=O) groups excluding carboxylic acids is 2. The first-order valence-corrected chi connectivity index (χ1v) is 8.68. The van der Waals surface area contributed by atoms with Crippen LogP contribution in [0.3, 0.4) is 0 Å². The molecule has 25 heavy (non-hydrogen) atoms. The Bertz CT molecular complexity index is 733. The summed E-state index contributed by atoms with van der Waals surface area (Å²) in [6.07, 6.45) is 0. The standard InChI is InChI=1S/C22H26O3/c1-13(2)17-9-7-15(5)19(11-17)21(23)25-22(24)20-12-18(14(3)4)10-8-16(20)6/h7-14H,1-6H3. The van der Waals surface area contributed by atoms with E-state index in [1.165, 1.54) is 0 Å². The molecule has 0 atom stereocenters. The molecule has 3 heteroatoms. The molecule has 2 aromatic carbocycles. The van der Waals surface area contributed by atoms with E-state index in [0.717, 1.165) is 22.3 Å². The number of carbonyl (C=O) groups is 2. The van der Waals surface area contributed by atoms with Crippen LogP contribution in [-0.4, -0.2) is 11.9 Å². The summed E-state index contributed by atoms with van der Waals surface area (Å²) in [5, 5.41) is 0. The number of hydrogen-bond donors (Lipinski definition) is 0. The average Bonchev–Trinajstić information content (AvgIpc) is 2.54. The van der Waals surface area contributed by atoms with Crippen LogP contribution in [0.1, 0.15) is 82.5 Å². The third-order valence-corrected chi connectivity index (χ3v) is 4.48. The maximum Gasteiger partial charge on any atom is 0.346 e. The summed E-state index contributed by atoms with van der Waals surface area (Å²) in [6.45, 7) is 11.9. The van der Waals surface area contributed by atoms with Gasteiger partial charge in [0.2, 0.25) is 0 Å². The van der Waals surface area contributed by atoms with Crippen LogP contribution < -0.4 is 0 Å². The normalized spacial score (nSPS) is 11.0. The molecule has 0 radical (unpaired) electrons. The van der Waals surface area contributed by atoms with Gasteiger partial charge in [-0.2, -0.15) is 0 Å². The zero-order valence-electron chi connectivity index (χ0n) is 15.8. The van der Waals surface area contributed by atoms with E-state index >= 15 is 0 Å². The Balaban J connectivity index is 2.28. The van der Waals surface area contributed by atoms with Crippen molar-refractivity contribution in [2.24, 2.45) is 0 Å². The van der Waals surface area contributed by atoms with Crippen molar-refractivity contribution in [3.8, 4) is 0 Å². The average molecular weight is 338 g/mol. The van der Waals surface area contributed by atoms with Gasteiger partial charge in [0, 0.05) is 0 Å². The fraction of sp³-hybridized carbons (Fsp3) is 0.364. The van der Waals surface area contributed by atoms with Gasteiger partial charge in [0.1, 0.15) is 0 Å². The third-order valence-electron chi connectivity index (χ3n) is 4.48. The Labute approximate surface area is 150 Å². The second-order valence-corrected chi connectivity index (χ2v) is 7.14. The summed E-state index contributed by atoms with van der Waals surface area (Å²) < 4.78 is 5.18. The van der Waals surface area contributed by atoms with E-state index in [1.807, 2.05) is 50.2 Å². The number of esters is 2. The first-order chi connectivity index (χ1) is 11.7. The van der Waals surface area contributed by atoms with E-state index in [4.69, 9.17) is 4.74 Å². The molecule has 2 rings (SSSR count). The van der Waals surface area contributed by atoms with Gasteiger partial charge in [0.15, 0.2) is 0 Å². The predicted octanol–water partition coefficient (Wildman–Crippen LogP) is 5.55. The highest BCUT2D eigenvalue weighted by molar-refractivity contribution is 6.04. The van der Waals surface area contributed by atoms with Gasteiger partial charge < -0.3 is 4.74 Å². The van der Waals surface area contributed by atoms with Crippen LogP contribution in [0.4, 0.5) is 0 Å². The van der Waals surface area contributed by atoms with E-state index in [2.05, 4.69) is 27.7 Å². The summed E-state index contributed by atoms with van der Waals surface area (Å²) in [5.74, 6) is -0.598. The summed E-state index contributed by atoms with van der Waals surface area (Å²) in [7, 11) is 0. The Morgan fingerprint density at radius 1 is 0.720 bits per heavy atom. The fourth-order valence-electron chi connectivity index (χ4n) is 2.63. The molecule has 3 nitrogen and oxygen atoms in total. The van der Waals surface area contributed by atoms with Gasteiger partial charge >= 0.3 is 11.9 Å². The minimum absolute atomic E-state index is 0.299. The van der Waals surface area contributed by atoms with Crippen LogP contribution in [0.5, 0.6) is 0 Å². The summed E-state index contributed by atoms with van der Waals surface area (Å²) in [5.41, 5.74) is 4.57. The van der Waals surface area contributed by atoms with Gasteiger partial charge in [-0.3, -0.25) is 0 Å². The van der Waals surface area contributed by atoms with Crippen molar-refractivity contribution in [1.29, 1.82) is 0 Å². The molecule has 0 unspecified atom stereocenters. The lowest BCUT2D eigenvalue weighted by Gasteiger charge is -2.12. The van der Waals surface area contributed by atoms with Crippen molar-refractivity contribution in [2.45, 2.75) is 53.4 Å². The fourth-order valence-corrected chi connectivity index (χ4v) is 2.63. The van der Waals surface area contributed by atoms with Crippen molar-refractivity contribution in [3.63, 3.8) is 0 Å². The highest BCUT2D eigenvalue weighted by atomic mass is 16.6. The first-order valence-electron chi connectivity index (χ1n) is 8.68. The van der Waals surface area contributed by atoms with E-state index in [1.54, 1.807) is 0 Å². The Morgan fingerprint density at radius 2 is 1.08 bits per heavy atom. The molecule has 0 aromatic heterocycles. The number of hydrogen-bond acceptors (Lipinski definition) is 3. The van der Waals surface area contributed by atoms with Crippen molar-refractivity contribution in [1.82, 2.24) is 0 Å². The summed E-state index contributed by atoms with van der Waals surface area (Å²) >= 11 is 0. The maximum absolute atomic E-state index is 12.5. The van der Waals surface area contributed by atoms with E-state index in [-0.39, 0.29) is 0 Å². The van der Waals surface area contributed by atoms with Gasteiger partial charge in [-0.15, -0.1) is 0 Å². The number of ether oxygens (including phenoxy) is 1. The number of benzene rings is 2. The zero-order valence-corrected chi connectivity index (χ0v) is 15.8. The van der Waals surface area contributed by atoms with Gasteiger partial charge in [-0.1, -0.05) is 52.0 Å². The SMILES string of the molecule is Cc1ccc(C(C)C)cc1C(=O)OC(=O)c1cc(C(C)C)ccc1C. The molecule has 0 N–H and O–H groups in total. The molecular formula is C22H26O3. The zero-order chi connectivity index (χ0) is 18.7. The molecule has 0 aliphatic carbocycles. The van der Waals surface area contributed by atoms with Crippen LogP contribution >= 0.6 is 0 Å². The topological polar surface area (TPSA) is 43.4 Å². The second-order valence-electron chi connectivity index (χ2n) is 7.14. The molecule has 0 saturated heterocycles. The van der Waals surface area contributed by atoms with Crippen molar-refractivity contribution >= 4 is 11.9 Å². The van der Waals surface area contributed by atoms with E-state index < -0.39 is 11.9 Å². The largest absolute Gasteiger partial charge is 0.386 e. The summed E-state index contributed by atoms with van der Waals surface area (Å²) in [4.78, 5) is 25.0. The van der Waals surface area contributed by atoms with Crippen LogP contribution in [0, 0.1) is 13.8 Å². The van der Waals surface area contributed by atoms with Crippen molar-refractivity contribution in [3.05, 3.63) is 69.8 Å². The molecule has 0 bridgehead atoms. The molecule has 0 amide bonds. The van der Waals surface area contributed by atoms with Crippen LogP contribution in [0.15, 0.2) is 36.4 Å². The highest BCUT2D eigenvalue weighted by Crippen LogP contribution is 2.22. The molecular weight excluding hydrogens is 312 g/mol. The van der Waals surface area contributed by atoms with Gasteiger partial charge in [0.25, 0.3) is 0 Å². The molecule has 0 aliphatic rings. The molecule has 2 aromatic rings. The van der Waals surface area contributed by atoms with Gasteiger partial charge in [-0.25, -0.2) is 9.59 Å². The molecule has 0 heterocycles. The highest BCUT2D eigenvalue weighted by Gasteiger charge is 2.20. The molecule has 0 fully saturated rings. The first kappa shape index (κ1) is 18.9. The number of rotatable bonds is 4. The monoisotopic (exact) mass is 338 g/mol. The van der Waals surface area contributed by atoms with Crippen molar-refractivity contribution in [2.75, 3.05) is 0 Å². The van der Waals surface area contributed by atoms with E-state index in [9.17, 15) is 9.59 Å². The lowest BCUT2D eigenvalue weighted by atomic mass is 9.97. The second kappa shape index (κ2) is 7.64.